The summed E-state index contributed by atoms with van der Waals surface area (Å²) in [7, 11) is 0. The SMILES string of the molecule is CCOC(=O)CCCNC(=O)COc1ccccc1. The molecule has 0 bridgehead atoms. The average molecular weight is 265 g/mol. The Morgan fingerprint density at radius 2 is 1.95 bits per heavy atom. The minimum atomic E-state index is -0.239. The Labute approximate surface area is 112 Å². The zero-order valence-corrected chi connectivity index (χ0v) is 11.1. The lowest BCUT2D eigenvalue weighted by Crippen LogP contribution is -2.30. The first kappa shape index (κ1) is 15.0. The second-order valence-electron chi connectivity index (χ2n) is 3.86. The lowest BCUT2D eigenvalue weighted by molar-refractivity contribution is -0.143. The van der Waals surface area contributed by atoms with Gasteiger partial charge in [-0.05, 0) is 25.5 Å². The topological polar surface area (TPSA) is 64.6 Å². The number of carbonyl (C=O) groups is 2. The van der Waals surface area contributed by atoms with Crippen molar-refractivity contribution < 1.29 is 19.1 Å². The summed E-state index contributed by atoms with van der Waals surface area (Å²) >= 11 is 0. The predicted octanol–water partition coefficient (Wildman–Crippen LogP) is 1.52. The number of hydrogen-bond acceptors (Lipinski definition) is 4. The van der Waals surface area contributed by atoms with E-state index in [0.29, 0.717) is 31.7 Å². The monoisotopic (exact) mass is 265 g/mol. The average Bonchev–Trinajstić information content (AvgIpc) is 2.43. The van der Waals surface area contributed by atoms with Gasteiger partial charge in [0.2, 0.25) is 0 Å². The van der Waals surface area contributed by atoms with Crippen molar-refractivity contribution in [3.8, 4) is 5.75 Å². The summed E-state index contributed by atoms with van der Waals surface area (Å²) in [5, 5.41) is 2.68. The highest BCUT2D eigenvalue weighted by molar-refractivity contribution is 5.77. The van der Waals surface area contributed by atoms with Gasteiger partial charge in [0, 0.05) is 13.0 Å². The van der Waals surface area contributed by atoms with Crippen molar-refractivity contribution in [3.63, 3.8) is 0 Å². The Morgan fingerprint density at radius 1 is 1.21 bits per heavy atom. The smallest absolute Gasteiger partial charge is 0.305 e. The molecular formula is C14H19NO4. The summed E-state index contributed by atoms with van der Waals surface area (Å²) in [6.07, 6.45) is 0.879. The van der Waals surface area contributed by atoms with E-state index >= 15 is 0 Å². The maximum atomic E-state index is 11.4. The van der Waals surface area contributed by atoms with Gasteiger partial charge < -0.3 is 14.8 Å². The van der Waals surface area contributed by atoms with E-state index in [9.17, 15) is 9.59 Å². The molecule has 0 unspecified atom stereocenters. The zero-order chi connectivity index (χ0) is 13.9. The summed E-state index contributed by atoms with van der Waals surface area (Å²) in [5.41, 5.74) is 0. The maximum absolute atomic E-state index is 11.4. The molecule has 0 fully saturated rings. The molecule has 0 aliphatic carbocycles. The number of rotatable bonds is 8. The molecule has 1 N–H and O–H groups in total. The minimum absolute atomic E-state index is 0.0244. The highest BCUT2D eigenvalue weighted by Gasteiger charge is 2.04. The molecule has 0 spiro atoms. The molecule has 5 nitrogen and oxygen atoms in total. The molecule has 1 aromatic carbocycles. The van der Waals surface area contributed by atoms with Gasteiger partial charge in [-0.3, -0.25) is 9.59 Å². The molecule has 0 radical (unpaired) electrons. The summed E-state index contributed by atoms with van der Waals surface area (Å²) in [4.78, 5) is 22.5. The molecule has 1 rings (SSSR count). The molecule has 0 saturated heterocycles. The van der Waals surface area contributed by atoms with Crippen LogP contribution in [0.25, 0.3) is 0 Å². The summed E-state index contributed by atoms with van der Waals surface area (Å²) in [6.45, 7) is 2.57. The van der Waals surface area contributed by atoms with Gasteiger partial charge in [-0.15, -0.1) is 0 Å². The molecule has 0 saturated carbocycles. The molecule has 1 aromatic rings. The van der Waals surface area contributed by atoms with Gasteiger partial charge in [-0.2, -0.15) is 0 Å². The summed E-state index contributed by atoms with van der Waals surface area (Å²) < 4.78 is 10.1. The molecule has 0 aliphatic heterocycles. The standard InChI is InChI=1S/C14H19NO4/c1-2-18-14(17)9-6-10-15-13(16)11-19-12-7-4-3-5-8-12/h3-5,7-8H,2,6,9-11H2,1H3,(H,15,16). The third kappa shape index (κ3) is 7.08. The van der Waals surface area contributed by atoms with Gasteiger partial charge in [0.05, 0.1) is 6.61 Å². The van der Waals surface area contributed by atoms with Crippen LogP contribution in [0.2, 0.25) is 0 Å². The largest absolute Gasteiger partial charge is 0.484 e. The van der Waals surface area contributed by atoms with E-state index in [4.69, 9.17) is 9.47 Å². The predicted molar refractivity (Wildman–Crippen MR) is 70.8 cm³/mol. The van der Waals surface area contributed by atoms with Gasteiger partial charge in [0.1, 0.15) is 5.75 Å². The fourth-order valence-corrected chi connectivity index (χ4v) is 1.41. The van der Waals surface area contributed by atoms with Gasteiger partial charge in [-0.25, -0.2) is 0 Å². The van der Waals surface area contributed by atoms with E-state index < -0.39 is 0 Å². The molecule has 0 atom stereocenters. The van der Waals surface area contributed by atoms with E-state index in [-0.39, 0.29) is 18.5 Å². The van der Waals surface area contributed by atoms with Gasteiger partial charge in [-0.1, -0.05) is 18.2 Å². The molecule has 0 aliphatic rings. The van der Waals surface area contributed by atoms with Crippen LogP contribution < -0.4 is 10.1 Å². The first-order chi connectivity index (χ1) is 9.22. The number of carbonyl (C=O) groups excluding carboxylic acids is 2. The van der Waals surface area contributed by atoms with Crippen molar-refractivity contribution >= 4 is 11.9 Å². The number of ether oxygens (including phenoxy) is 2. The third-order valence-corrected chi connectivity index (χ3v) is 2.30. The van der Waals surface area contributed by atoms with E-state index in [0.717, 1.165) is 0 Å². The third-order valence-electron chi connectivity index (χ3n) is 2.30. The van der Waals surface area contributed by atoms with Crippen molar-refractivity contribution in [1.29, 1.82) is 0 Å². The second-order valence-corrected chi connectivity index (χ2v) is 3.86. The number of para-hydroxylation sites is 1. The van der Waals surface area contributed by atoms with Gasteiger partial charge >= 0.3 is 5.97 Å². The Morgan fingerprint density at radius 3 is 2.63 bits per heavy atom. The second kappa shape index (κ2) is 8.97. The lowest BCUT2D eigenvalue weighted by atomic mass is 10.3. The van der Waals surface area contributed by atoms with Crippen LogP contribution in [-0.2, 0) is 14.3 Å². The summed E-state index contributed by atoms with van der Waals surface area (Å²) in [5.74, 6) is 0.217. The number of esters is 1. The lowest BCUT2D eigenvalue weighted by Gasteiger charge is -2.07. The fourth-order valence-electron chi connectivity index (χ4n) is 1.41. The maximum Gasteiger partial charge on any atom is 0.305 e. The van der Waals surface area contributed by atoms with Crippen molar-refractivity contribution in [2.75, 3.05) is 19.8 Å². The minimum Gasteiger partial charge on any atom is -0.484 e. The van der Waals surface area contributed by atoms with Crippen LogP contribution in [0.5, 0.6) is 5.75 Å². The molecular weight excluding hydrogens is 246 g/mol. The molecule has 1 amide bonds. The van der Waals surface area contributed by atoms with Crippen LogP contribution in [0.1, 0.15) is 19.8 Å². The van der Waals surface area contributed by atoms with Crippen LogP contribution in [0.15, 0.2) is 30.3 Å². The molecule has 19 heavy (non-hydrogen) atoms. The Bertz CT molecular complexity index is 392. The Hall–Kier alpha value is -2.04. The van der Waals surface area contributed by atoms with Crippen molar-refractivity contribution in [2.45, 2.75) is 19.8 Å². The highest BCUT2D eigenvalue weighted by Crippen LogP contribution is 2.07. The quantitative estimate of drug-likeness (QED) is 0.572. The number of nitrogens with one attached hydrogen (secondary N) is 1. The van der Waals surface area contributed by atoms with Crippen LogP contribution in [0.4, 0.5) is 0 Å². The van der Waals surface area contributed by atoms with E-state index in [1.54, 1.807) is 19.1 Å². The Kier molecular flexibility index (Phi) is 7.09. The highest BCUT2D eigenvalue weighted by atomic mass is 16.5. The van der Waals surface area contributed by atoms with Gasteiger partial charge in [0.15, 0.2) is 6.61 Å². The van der Waals surface area contributed by atoms with Crippen molar-refractivity contribution in [1.82, 2.24) is 5.32 Å². The number of benzene rings is 1. The normalized spacial score (nSPS) is 9.74. The van der Waals surface area contributed by atoms with E-state index in [2.05, 4.69) is 5.32 Å². The van der Waals surface area contributed by atoms with Crippen LogP contribution in [0.3, 0.4) is 0 Å². The van der Waals surface area contributed by atoms with Crippen LogP contribution in [0, 0.1) is 0 Å². The Balaban J connectivity index is 2.07. The zero-order valence-electron chi connectivity index (χ0n) is 11.1. The van der Waals surface area contributed by atoms with Gasteiger partial charge in [0.25, 0.3) is 5.91 Å². The molecule has 0 heterocycles. The summed E-state index contributed by atoms with van der Waals surface area (Å²) in [6, 6.07) is 9.13. The van der Waals surface area contributed by atoms with Crippen LogP contribution >= 0.6 is 0 Å². The van der Waals surface area contributed by atoms with E-state index in [1.807, 2.05) is 18.2 Å². The first-order valence-electron chi connectivity index (χ1n) is 6.32. The molecule has 0 aromatic heterocycles. The number of hydrogen-bond donors (Lipinski definition) is 1. The van der Waals surface area contributed by atoms with Crippen molar-refractivity contribution in [3.05, 3.63) is 30.3 Å². The van der Waals surface area contributed by atoms with E-state index in [1.165, 1.54) is 0 Å². The van der Waals surface area contributed by atoms with Crippen molar-refractivity contribution in [2.24, 2.45) is 0 Å². The molecule has 104 valence electrons. The first-order valence-corrected chi connectivity index (χ1v) is 6.32. The number of amides is 1. The fraction of sp³-hybridized carbons (Fsp3) is 0.429. The van der Waals surface area contributed by atoms with Crippen LogP contribution in [-0.4, -0.2) is 31.6 Å². The molecule has 5 heteroatoms.